The number of aromatic hydroxyl groups is 1. The number of ether oxygens (including phenoxy) is 1. The van der Waals surface area contributed by atoms with Crippen molar-refractivity contribution in [3.05, 3.63) is 56.8 Å². The second-order valence-electron chi connectivity index (χ2n) is 6.30. The Bertz CT molecular complexity index is 782. The van der Waals surface area contributed by atoms with Crippen LogP contribution in [0, 0.1) is 13.8 Å². The summed E-state index contributed by atoms with van der Waals surface area (Å²) in [6.07, 6.45) is 5.22. The van der Waals surface area contributed by atoms with Crippen molar-refractivity contribution >= 4 is 23.4 Å². The van der Waals surface area contributed by atoms with E-state index in [1.807, 2.05) is 19.1 Å². The maximum atomic E-state index is 11.4. The van der Waals surface area contributed by atoms with Crippen molar-refractivity contribution < 1.29 is 14.6 Å². The summed E-state index contributed by atoms with van der Waals surface area (Å²) in [6, 6.07) is 8.11. The first kappa shape index (κ1) is 19.3. The molecule has 0 atom stereocenters. The number of phenolic OH excluding ortho intramolecular Hbond substituents is 1. The minimum absolute atomic E-state index is 0.0920. The van der Waals surface area contributed by atoms with E-state index >= 15 is 0 Å². The minimum atomic E-state index is -0.347. The van der Waals surface area contributed by atoms with Crippen molar-refractivity contribution in [1.29, 1.82) is 0 Å². The Morgan fingerprint density at radius 1 is 1.20 bits per heavy atom. The zero-order valence-electron chi connectivity index (χ0n) is 15.6. The maximum Gasteiger partial charge on any atom is 0.330 e. The fourth-order valence-corrected chi connectivity index (χ4v) is 4.64. The van der Waals surface area contributed by atoms with Crippen LogP contribution in [0.25, 0.3) is 6.08 Å². The average molecular weight is 359 g/mol. The summed E-state index contributed by atoms with van der Waals surface area (Å²) >= 11 is 1.72. The predicted octanol–water partition coefficient (Wildman–Crippen LogP) is 5.36. The van der Waals surface area contributed by atoms with Gasteiger partial charge in [-0.2, -0.15) is 0 Å². The molecule has 134 valence electrons. The van der Waals surface area contributed by atoms with Gasteiger partial charge in [-0.25, -0.2) is 4.79 Å². The van der Waals surface area contributed by atoms with Gasteiger partial charge in [0.1, 0.15) is 5.75 Å². The zero-order valence-corrected chi connectivity index (χ0v) is 16.4. The second-order valence-corrected chi connectivity index (χ2v) is 7.39. The summed E-state index contributed by atoms with van der Waals surface area (Å²) in [5.41, 5.74) is 3.17. The van der Waals surface area contributed by atoms with Gasteiger partial charge in [0.25, 0.3) is 0 Å². The molecule has 3 nitrogen and oxygen atoms in total. The van der Waals surface area contributed by atoms with E-state index in [2.05, 4.69) is 37.6 Å². The predicted molar refractivity (Wildman–Crippen MR) is 104 cm³/mol. The van der Waals surface area contributed by atoms with E-state index in [0.717, 1.165) is 28.8 Å². The van der Waals surface area contributed by atoms with Gasteiger partial charge in [-0.15, -0.1) is 11.3 Å². The van der Waals surface area contributed by atoms with Crippen LogP contribution in [0.4, 0.5) is 0 Å². The fraction of sp³-hybridized carbons (Fsp3) is 0.381. The lowest BCUT2D eigenvalue weighted by Crippen LogP contribution is -2.24. The highest BCUT2D eigenvalue weighted by Gasteiger charge is 2.33. The monoisotopic (exact) mass is 358 g/mol. The molecule has 1 N–H and O–H groups in total. The summed E-state index contributed by atoms with van der Waals surface area (Å²) in [5, 5.41) is 9.87. The van der Waals surface area contributed by atoms with Gasteiger partial charge >= 0.3 is 5.97 Å². The SMILES string of the molecule is CCC(CC)(c1ccc(O)c(C)c1)c1cc(C)c(/C=C/C(=O)OC)s1. The number of methoxy groups -OCH3 is 1. The molecule has 1 aromatic carbocycles. The molecule has 0 saturated heterocycles. The summed E-state index contributed by atoms with van der Waals surface area (Å²) in [5.74, 6) is -0.0188. The van der Waals surface area contributed by atoms with E-state index < -0.39 is 0 Å². The van der Waals surface area contributed by atoms with Crippen molar-refractivity contribution in [3.8, 4) is 5.75 Å². The Balaban J connectivity index is 2.52. The number of esters is 1. The van der Waals surface area contributed by atoms with Gasteiger partial charge in [-0.3, -0.25) is 0 Å². The lowest BCUT2D eigenvalue weighted by molar-refractivity contribution is -0.134. The molecule has 0 bridgehead atoms. The van der Waals surface area contributed by atoms with E-state index in [1.54, 1.807) is 17.4 Å². The van der Waals surface area contributed by atoms with Crippen LogP contribution in [0.2, 0.25) is 0 Å². The van der Waals surface area contributed by atoms with Crippen LogP contribution in [0.5, 0.6) is 5.75 Å². The highest BCUT2D eigenvalue weighted by Crippen LogP contribution is 2.44. The van der Waals surface area contributed by atoms with E-state index in [4.69, 9.17) is 0 Å². The number of carbonyl (C=O) groups excluding carboxylic acids is 1. The number of phenols is 1. The molecule has 0 aliphatic carbocycles. The molecule has 1 heterocycles. The Labute approximate surface area is 154 Å². The number of rotatable bonds is 6. The van der Waals surface area contributed by atoms with Crippen molar-refractivity contribution in [3.63, 3.8) is 0 Å². The Morgan fingerprint density at radius 2 is 1.88 bits per heavy atom. The topological polar surface area (TPSA) is 46.5 Å². The van der Waals surface area contributed by atoms with E-state index in [-0.39, 0.29) is 11.4 Å². The van der Waals surface area contributed by atoms with Crippen LogP contribution in [0.15, 0.2) is 30.3 Å². The molecular weight excluding hydrogens is 332 g/mol. The van der Waals surface area contributed by atoms with Gasteiger partial charge in [-0.1, -0.05) is 26.0 Å². The Kier molecular flexibility index (Phi) is 6.07. The first-order valence-electron chi connectivity index (χ1n) is 8.55. The normalized spacial score (nSPS) is 11.9. The molecular formula is C21H26O3S. The van der Waals surface area contributed by atoms with Crippen LogP contribution in [-0.4, -0.2) is 18.2 Å². The molecule has 0 unspecified atom stereocenters. The van der Waals surface area contributed by atoms with E-state index in [9.17, 15) is 9.90 Å². The Hall–Kier alpha value is -2.07. The van der Waals surface area contributed by atoms with Crippen LogP contribution >= 0.6 is 11.3 Å². The molecule has 0 fully saturated rings. The summed E-state index contributed by atoms with van der Waals surface area (Å²) in [7, 11) is 1.38. The van der Waals surface area contributed by atoms with Crippen molar-refractivity contribution in [2.75, 3.05) is 7.11 Å². The van der Waals surface area contributed by atoms with Crippen molar-refractivity contribution in [2.24, 2.45) is 0 Å². The lowest BCUT2D eigenvalue weighted by Gasteiger charge is -2.32. The number of hydrogen-bond donors (Lipinski definition) is 1. The quantitative estimate of drug-likeness (QED) is 0.558. The van der Waals surface area contributed by atoms with E-state index in [0.29, 0.717) is 5.75 Å². The molecule has 2 aromatic rings. The number of aryl methyl sites for hydroxylation is 2. The van der Waals surface area contributed by atoms with E-state index in [1.165, 1.54) is 23.6 Å². The number of carbonyl (C=O) groups is 1. The lowest BCUT2D eigenvalue weighted by atomic mass is 9.74. The molecule has 25 heavy (non-hydrogen) atoms. The molecule has 0 amide bonds. The largest absolute Gasteiger partial charge is 0.508 e. The van der Waals surface area contributed by atoms with Crippen LogP contribution in [0.3, 0.4) is 0 Å². The fourth-order valence-electron chi connectivity index (χ4n) is 3.21. The number of hydrogen-bond acceptors (Lipinski definition) is 4. The van der Waals surface area contributed by atoms with Gasteiger partial charge < -0.3 is 9.84 Å². The molecule has 0 saturated carbocycles. The van der Waals surface area contributed by atoms with Crippen LogP contribution in [0.1, 0.15) is 53.1 Å². The third kappa shape index (κ3) is 3.79. The summed E-state index contributed by atoms with van der Waals surface area (Å²) in [6.45, 7) is 8.39. The highest BCUT2D eigenvalue weighted by molar-refractivity contribution is 7.13. The molecule has 0 aliphatic heterocycles. The summed E-state index contributed by atoms with van der Waals surface area (Å²) in [4.78, 5) is 13.7. The van der Waals surface area contributed by atoms with Gasteiger partial charge in [0, 0.05) is 21.2 Å². The Morgan fingerprint density at radius 3 is 2.44 bits per heavy atom. The van der Waals surface area contributed by atoms with Crippen molar-refractivity contribution in [1.82, 2.24) is 0 Å². The van der Waals surface area contributed by atoms with Crippen LogP contribution in [-0.2, 0) is 14.9 Å². The number of thiophene rings is 1. The maximum absolute atomic E-state index is 11.4. The smallest absolute Gasteiger partial charge is 0.330 e. The minimum Gasteiger partial charge on any atom is -0.508 e. The molecule has 1 aromatic heterocycles. The molecule has 0 radical (unpaired) electrons. The first-order chi connectivity index (χ1) is 11.9. The first-order valence-corrected chi connectivity index (χ1v) is 9.36. The summed E-state index contributed by atoms with van der Waals surface area (Å²) < 4.78 is 4.68. The third-order valence-electron chi connectivity index (χ3n) is 4.96. The van der Waals surface area contributed by atoms with Gasteiger partial charge in [0.05, 0.1) is 7.11 Å². The standard InChI is InChI=1S/C21H26O3S/c1-6-21(7-2,16-8-9-17(22)14(3)12-16)19-13-15(4)18(25-19)10-11-20(23)24-5/h8-13,22H,6-7H2,1-5H3/b11-10+. The van der Waals surface area contributed by atoms with Gasteiger partial charge in [-0.05, 0) is 61.6 Å². The zero-order chi connectivity index (χ0) is 18.6. The molecule has 0 aliphatic rings. The van der Waals surface area contributed by atoms with Gasteiger partial charge in [0.15, 0.2) is 0 Å². The average Bonchev–Trinajstić information content (AvgIpc) is 2.98. The van der Waals surface area contributed by atoms with Gasteiger partial charge in [0.2, 0.25) is 0 Å². The molecule has 2 rings (SSSR count). The van der Waals surface area contributed by atoms with Crippen molar-refractivity contribution in [2.45, 2.75) is 46.0 Å². The molecule has 4 heteroatoms. The molecule has 0 spiro atoms. The number of benzene rings is 1. The van der Waals surface area contributed by atoms with Crippen LogP contribution < -0.4 is 0 Å². The highest BCUT2D eigenvalue weighted by atomic mass is 32.1. The second kappa shape index (κ2) is 7.87. The third-order valence-corrected chi connectivity index (χ3v) is 6.36.